The standard InChI is InChI=1S/C8H17NO3SSi/c1-14(2,3)8-6-4-5-7-12-13(9,10)11/h4-5,7H2,1-3H3,(H2,9,10,11). The van der Waals surface area contributed by atoms with Crippen LogP contribution in [0.4, 0.5) is 0 Å². The minimum absolute atomic E-state index is 0.110. The summed E-state index contributed by atoms with van der Waals surface area (Å²) >= 11 is 0. The van der Waals surface area contributed by atoms with Gasteiger partial charge in [0.2, 0.25) is 0 Å². The molecule has 0 radical (unpaired) electrons. The first kappa shape index (κ1) is 13.6. The molecule has 0 atom stereocenters. The van der Waals surface area contributed by atoms with Crippen LogP contribution in [-0.4, -0.2) is 23.1 Å². The van der Waals surface area contributed by atoms with Gasteiger partial charge in [-0.1, -0.05) is 19.6 Å². The highest BCUT2D eigenvalue weighted by atomic mass is 32.2. The molecule has 0 aliphatic heterocycles. The lowest BCUT2D eigenvalue weighted by molar-refractivity contribution is 0.314. The van der Waals surface area contributed by atoms with E-state index in [2.05, 4.69) is 40.4 Å². The summed E-state index contributed by atoms with van der Waals surface area (Å²) in [6.07, 6.45) is 1.24. The van der Waals surface area contributed by atoms with Gasteiger partial charge in [0.15, 0.2) is 0 Å². The molecule has 0 rings (SSSR count). The second-order valence-corrected chi connectivity index (χ2v) is 9.94. The zero-order chi connectivity index (χ0) is 11.2. The lowest BCUT2D eigenvalue weighted by atomic mass is 10.3. The molecule has 6 heteroatoms. The molecular formula is C8H17NO3SSi. The van der Waals surface area contributed by atoms with Crippen molar-refractivity contribution in [1.29, 1.82) is 0 Å². The zero-order valence-electron chi connectivity index (χ0n) is 8.83. The molecule has 0 aliphatic rings. The summed E-state index contributed by atoms with van der Waals surface area (Å²) in [5.74, 6) is 3.01. The van der Waals surface area contributed by atoms with Crippen molar-refractivity contribution in [2.24, 2.45) is 5.14 Å². The van der Waals surface area contributed by atoms with Crippen molar-refractivity contribution in [3.63, 3.8) is 0 Å². The highest BCUT2D eigenvalue weighted by Gasteiger charge is 2.07. The molecule has 0 aliphatic carbocycles. The Morgan fingerprint density at radius 2 is 1.93 bits per heavy atom. The number of hydrogen-bond acceptors (Lipinski definition) is 3. The maximum atomic E-state index is 10.3. The van der Waals surface area contributed by atoms with E-state index in [1.54, 1.807) is 0 Å². The van der Waals surface area contributed by atoms with Crippen molar-refractivity contribution in [3.05, 3.63) is 0 Å². The summed E-state index contributed by atoms with van der Waals surface area (Å²) in [7, 11) is -5.08. The highest BCUT2D eigenvalue weighted by Crippen LogP contribution is 1.97. The van der Waals surface area contributed by atoms with E-state index in [0.29, 0.717) is 12.8 Å². The summed E-state index contributed by atoms with van der Waals surface area (Å²) < 4.78 is 25.1. The third kappa shape index (κ3) is 11.6. The van der Waals surface area contributed by atoms with Gasteiger partial charge in [-0.25, -0.2) is 5.14 Å². The fraction of sp³-hybridized carbons (Fsp3) is 0.750. The fourth-order valence-electron chi connectivity index (χ4n) is 0.663. The van der Waals surface area contributed by atoms with Crippen LogP contribution in [0.25, 0.3) is 0 Å². The van der Waals surface area contributed by atoms with E-state index in [1.165, 1.54) is 0 Å². The van der Waals surface area contributed by atoms with Crippen LogP contribution in [0.5, 0.6) is 0 Å². The lowest BCUT2D eigenvalue weighted by Gasteiger charge is -2.03. The summed E-state index contributed by atoms with van der Waals surface area (Å²) in [5, 5.41) is 4.64. The first-order chi connectivity index (χ1) is 6.21. The maximum Gasteiger partial charge on any atom is 0.333 e. The fourth-order valence-corrected chi connectivity index (χ4v) is 1.67. The molecule has 0 aromatic heterocycles. The van der Waals surface area contributed by atoms with Gasteiger partial charge in [-0.15, -0.1) is 11.5 Å². The van der Waals surface area contributed by atoms with Crippen LogP contribution in [-0.2, 0) is 14.5 Å². The van der Waals surface area contributed by atoms with E-state index in [0.717, 1.165) is 0 Å². The number of unbranched alkanes of at least 4 members (excludes halogenated alkanes) is 1. The molecule has 0 fully saturated rings. The van der Waals surface area contributed by atoms with Crippen molar-refractivity contribution < 1.29 is 12.6 Å². The van der Waals surface area contributed by atoms with Crippen molar-refractivity contribution in [3.8, 4) is 11.5 Å². The topological polar surface area (TPSA) is 69.4 Å². The Labute approximate surface area is 87.1 Å². The molecule has 0 aromatic carbocycles. The molecule has 0 bridgehead atoms. The monoisotopic (exact) mass is 235 g/mol. The maximum absolute atomic E-state index is 10.3. The van der Waals surface area contributed by atoms with Crippen molar-refractivity contribution in [1.82, 2.24) is 0 Å². The molecule has 0 saturated heterocycles. The smallest absolute Gasteiger partial charge is 0.258 e. The Morgan fingerprint density at radius 3 is 2.36 bits per heavy atom. The van der Waals surface area contributed by atoms with Crippen LogP contribution in [0.15, 0.2) is 0 Å². The van der Waals surface area contributed by atoms with Crippen molar-refractivity contribution >= 4 is 18.4 Å². The van der Waals surface area contributed by atoms with Crippen LogP contribution in [0.2, 0.25) is 19.6 Å². The molecule has 2 N–H and O–H groups in total. The predicted octanol–water partition coefficient (Wildman–Crippen LogP) is 0.867. The number of hydrogen-bond donors (Lipinski definition) is 1. The molecule has 0 amide bonds. The van der Waals surface area contributed by atoms with Gasteiger partial charge in [0.25, 0.3) is 0 Å². The predicted molar refractivity (Wildman–Crippen MR) is 59.4 cm³/mol. The molecule has 0 spiro atoms. The lowest BCUT2D eigenvalue weighted by Crippen LogP contribution is -2.17. The minimum Gasteiger partial charge on any atom is -0.258 e. The van der Waals surface area contributed by atoms with Crippen LogP contribution in [0.3, 0.4) is 0 Å². The number of nitrogens with two attached hydrogens (primary N) is 1. The normalized spacial score (nSPS) is 12.0. The minimum atomic E-state index is -3.78. The Hall–Kier alpha value is -0.353. The van der Waals surface area contributed by atoms with Crippen molar-refractivity contribution in [2.75, 3.05) is 6.61 Å². The Morgan fingerprint density at radius 1 is 1.36 bits per heavy atom. The summed E-state index contributed by atoms with van der Waals surface area (Å²) in [6, 6.07) is 0. The largest absolute Gasteiger partial charge is 0.333 e. The third-order valence-corrected chi connectivity index (χ3v) is 2.58. The quantitative estimate of drug-likeness (QED) is 0.446. The van der Waals surface area contributed by atoms with Crippen LogP contribution < -0.4 is 5.14 Å². The van der Waals surface area contributed by atoms with Gasteiger partial charge in [-0.2, -0.15) is 8.42 Å². The molecule has 14 heavy (non-hydrogen) atoms. The molecule has 82 valence electrons. The van der Waals surface area contributed by atoms with E-state index < -0.39 is 18.4 Å². The van der Waals surface area contributed by atoms with Gasteiger partial charge < -0.3 is 0 Å². The summed E-state index contributed by atoms with van der Waals surface area (Å²) in [4.78, 5) is 0. The van der Waals surface area contributed by atoms with Crippen LogP contribution >= 0.6 is 0 Å². The van der Waals surface area contributed by atoms with E-state index in [9.17, 15) is 8.42 Å². The van der Waals surface area contributed by atoms with Crippen LogP contribution in [0, 0.1) is 11.5 Å². The van der Waals surface area contributed by atoms with Gasteiger partial charge in [-0.3, -0.25) is 4.18 Å². The average Bonchev–Trinajstić information content (AvgIpc) is 1.92. The average molecular weight is 235 g/mol. The molecular weight excluding hydrogens is 218 g/mol. The third-order valence-electron chi connectivity index (χ3n) is 1.16. The molecule has 0 aromatic rings. The number of rotatable bonds is 4. The molecule has 0 unspecified atom stereocenters. The molecule has 4 nitrogen and oxygen atoms in total. The van der Waals surface area contributed by atoms with E-state index in [1.807, 2.05) is 0 Å². The van der Waals surface area contributed by atoms with Gasteiger partial charge in [-0.05, 0) is 6.42 Å². The zero-order valence-corrected chi connectivity index (χ0v) is 10.6. The van der Waals surface area contributed by atoms with E-state index >= 15 is 0 Å². The SMILES string of the molecule is C[Si](C)(C)C#CCCCOS(N)(=O)=O. The second kappa shape index (κ2) is 5.51. The summed E-state index contributed by atoms with van der Waals surface area (Å²) in [6.45, 7) is 6.57. The summed E-state index contributed by atoms with van der Waals surface area (Å²) in [5.41, 5.74) is 3.17. The van der Waals surface area contributed by atoms with Crippen molar-refractivity contribution in [2.45, 2.75) is 32.5 Å². The van der Waals surface area contributed by atoms with Gasteiger partial charge in [0.05, 0.1) is 6.61 Å². The first-order valence-electron chi connectivity index (χ1n) is 4.38. The van der Waals surface area contributed by atoms with Gasteiger partial charge in [0.1, 0.15) is 8.07 Å². The Balaban J connectivity index is 3.62. The van der Waals surface area contributed by atoms with Gasteiger partial charge >= 0.3 is 10.3 Å². The van der Waals surface area contributed by atoms with Gasteiger partial charge in [0, 0.05) is 6.42 Å². The Bertz CT molecular complexity index is 321. The van der Waals surface area contributed by atoms with E-state index in [4.69, 9.17) is 0 Å². The molecule has 0 heterocycles. The second-order valence-electron chi connectivity index (χ2n) is 3.97. The first-order valence-corrected chi connectivity index (χ1v) is 9.35. The highest BCUT2D eigenvalue weighted by molar-refractivity contribution is 7.84. The Kier molecular flexibility index (Phi) is 5.37. The van der Waals surface area contributed by atoms with E-state index in [-0.39, 0.29) is 6.61 Å². The van der Waals surface area contributed by atoms with Crippen LogP contribution in [0.1, 0.15) is 12.8 Å². The molecule has 0 saturated carbocycles.